The van der Waals surface area contributed by atoms with Crippen LogP contribution in [0.4, 0.5) is 0 Å². The van der Waals surface area contributed by atoms with E-state index in [1.807, 2.05) is 36.4 Å². The highest BCUT2D eigenvalue weighted by Crippen LogP contribution is 2.10. The summed E-state index contributed by atoms with van der Waals surface area (Å²) in [6.45, 7) is 5.96. The molecule has 202 valence electrons. The average Bonchev–Trinajstić information content (AvgIpc) is 2.89. The summed E-state index contributed by atoms with van der Waals surface area (Å²) in [5.41, 5.74) is 1.93. The van der Waals surface area contributed by atoms with Crippen molar-refractivity contribution in [3.05, 3.63) is 47.5 Å². The quantitative estimate of drug-likeness (QED) is 0.125. The molecule has 1 rings (SSSR count). The molecule has 0 aromatic heterocycles. The Hall–Kier alpha value is -2.36. The Morgan fingerprint density at radius 3 is 1.17 bits per heavy atom. The highest BCUT2D eigenvalue weighted by atomic mass is 16.2. The lowest BCUT2D eigenvalue weighted by molar-refractivity contribution is -0.117. The minimum atomic E-state index is -0.0462. The third-order valence-electron chi connectivity index (χ3n) is 6.45. The molecule has 4 heteroatoms. The minimum Gasteiger partial charge on any atom is -0.353 e. The number of nitrogens with one attached hydrogen (secondary N) is 2. The van der Waals surface area contributed by atoms with Gasteiger partial charge in [0, 0.05) is 25.2 Å². The fraction of sp³-hybridized carbons (Fsp3) is 0.625. The molecular formula is C32H52N2O2. The highest BCUT2D eigenvalue weighted by molar-refractivity contribution is 5.92. The first-order valence-electron chi connectivity index (χ1n) is 14.7. The molecule has 0 saturated heterocycles. The minimum absolute atomic E-state index is 0.0462. The number of unbranched alkanes of at least 4 members (excludes halogenated alkanes) is 14. The van der Waals surface area contributed by atoms with Gasteiger partial charge in [0.05, 0.1) is 0 Å². The maximum Gasteiger partial charge on any atom is 0.243 e. The first-order chi connectivity index (χ1) is 17.7. The van der Waals surface area contributed by atoms with Crippen molar-refractivity contribution in [3.63, 3.8) is 0 Å². The zero-order valence-electron chi connectivity index (χ0n) is 23.2. The Bertz CT molecular complexity index is 674. The molecule has 2 amide bonds. The Balaban J connectivity index is 2.14. The molecule has 0 aliphatic carbocycles. The summed E-state index contributed by atoms with van der Waals surface area (Å²) >= 11 is 0. The molecule has 0 fully saturated rings. The standard InChI is InChI=1S/C32H52N2O2/c1-3-5-7-9-11-13-15-17-27-33-31(35)25-23-29-19-21-30(22-20-29)24-26-32(36)34-28-18-16-14-12-10-8-6-4-2/h19-26H,3-18,27-28H2,1-2H3,(H,33,35)(H,34,36)/b25-23+,26-24+. The van der Waals surface area contributed by atoms with E-state index in [0.717, 1.165) is 37.1 Å². The van der Waals surface area contributed by atoms with E-state index in [0.29, 0.717) is 0 Å². The van der Waals surface area contributed by atoms with Crippen molar-refractivity contribution in [3.8, 4) is 0 Å². The van der Waals surface area contributed by atoms with Gasteiger partial charge in [-0.15, -0.1) is 0 Å². The van der Waals surface area contributed by atoms with Crippen LogP contribution in [0.25, 0.3) is 12.2 Å². The number of benzene rings is 1. The first-order valence-corrected chi connectivity index (χ1v) is 14.7. The molecule has 4 nitrogen and oxygen atoms in total. The van der Waals surface area contributed by atoms with E-state index in [-0.39, 0.29) is 11.8 Å². The molecule has 0 aliphatic rings. The first kappa shape index (κ1) is 31.7. The van der Waals surface area contributed by atoms with Crippen LogP contribution in [0.1, 0.15) is 128 Å². The van der Waals surface area contributed by atoms with Crippen LogP contribution in [0.3, 0.4) is 0 Å². The van der Waals surface area contributed by atoms with Crippen LogP contribution in [-0.4, -0.2) is 24.9 Å². The van der Waals surface area contributed by atoms with Crippen LogP contribution in [0.5, 0.6) is 0 Å². The average molecular weight is 497 g/mol. The van der Waals surface area contributed by atoms with Gasteiger partial charge in [-0.2, -0.15) is 0 Å². The smallest absolute Gasteiger partial charge is 0.243 e. The molecule has 1 aromatic rings. The Morgan fingerprint density at radius 1 is 0.528 bits per heavy atom. The lowest BCUT2D eigenvalue weighted by Crippen LogP contribution is -2.22. The fourth-order valence-corrected chi connectivity index (χ4v) is 4.12. The van der Waals surface area contributed by atoms with Gasteiger partial charge in [0.2, 0.25) is 11.8 Å². The van der Waals surface area contributed by atoms with E-state index in [1.165, 1.54) is 89.9 Å². The van der Waals surface area contributed by atoms with E-state index < -0.39 is 0 Å². The molecule has 0 spiro atoms. The van der Waals surface area contributed by atoms with Crippen molar-refractivity contribution in [2.75, 3.05) is 13.1 Å². The van der Waals surface area contributed by atoms with E-state index in [2.05, 4.69) is 24.5 Å². The molecule has 0 saturated carbocycles. The van der Waals surface area contributed by atoms with E-state index in [1.54, 1.807) is 12.2 Å². The van der Waals surface area contributed by atoms with Gasteiger partial charge in [-0.25, -0.2) is 0 Å². The zero-order valence-corrected chi connectivity index (χ0v) is 23.2. The van der Waals surface area contributed by atoms with Gasteiger partial charge in [-0.1, -0.05) is 128 Å². The second-order valence-electron chi connectivity index (χ2n) is 9.87. The van der Waals surface area contributed by atoms with Crippen LogP contribution in [0.2, 0.25) is 0 Å². The van der Waals surface area contributed by atoms with E-state index >= 15 is 0 Å². The molecule has 0 heterocycles. The lowest BCUT2D eigenvalue weighted by Gasteiger charge is -2.03. The summed E-state index contributed by atoms with van der Waals surface area (Å²) in [6, 6.07) is 7.83. The van der Waals surface area contributed by atoms with Crippen LogP contribution in [-0.2, 0) is 9.59 Å². The molecule has 1 aromatic carbocycles. The SMILES string of the molecule is CCCCCCCCCCNC(=O)/C=C/c1ccc(/C=C/C(=O)NCCCCCCCCCC)cc1. The topological polar surface area (TPSA) is 58.2 Å². The van der Waals surface area contributed by atoms with Crippen molar-refractivity contribution in [2.45, 2.75) is 117 Å². The highest BCUT2D eigenvalue weighted by Gasteiger charge is 1.98. The van der Waals surface area contributed by atoms with E-state index in [4.69, 9.17) is 0 Å². The predicted molar refractivity (Wildman–Crippen MR) is 156 cm³/mol. The van der Waals surface area contributed by atoms with Gasteiger partial charge in [0.15, 0.2) is 0 Å². The van der Waals surface area contributed by atoms with Crippen LogP contribution < -0.4 is 10.6 Å². The molecule has 2 N–H and O–H groups in total. The summed E-state index contributed by atoms with van der Waals surface area (Å²) in [5, 5.41) is 5.93. The van der Waals surface area contributed by atoms with Crippen molar-refractivity contribution in [2.24, 2.45) is 0 Å². The van der Waals surface area contributed by atoms with Crippen LogP contribution in [0, 0.1) is 0 Å². The van der Waals surface area contributed by atoms with Crippen molar-refractivity contribution >= 4 is 24.0 Å². The Kier molecular flexibility index (Phi) is 20.3. The van der Waals surface area contributed by atoms with E-state index in [9.17, 15) is 9.59 Å². The molecule has 0 bridgehead atoms. The summed E-state index contributed by atoms with van der Waals surface area (Å²) in [6.07, 6.45) is 27.1. The third kappa shape index (κ3) is 18.9. The maximum absolute atomic E-state index is 12.0. The number of amides is 2. The fourth-order valence-electron chi connectivity index (χ4n) is 4.12. The Morgan fingerprint density at radius 2 is 0.833 bits per heavy atom. The number of hydrogen-bond donors (Lipinski definition) is 2. The third-order valence-corrected chi connectivity index (χ3v) is 6.45. The summed E-state index contributed by atoms with van der Waals surface area (Å²) in [7, 11) is 0. The number of carbonyl (C=O) groups excluding carboxylic acids is 2. The number of hydrogen-bond acceptors (Lipinski definition) is 2. The molecule has 0 aliphatic heterocycles. The summed E-state index contributed by atoms with van der Waals surface area (Å²) < 4.78 is 0. The van der Waals surface area contributed by atoms with Gasteiger partial charge in [0.1, 0.15) is 0 Å². The molecule has 36 heavy (non-hydrogen) atoms. The normalized spacial score (nSPS) is 11.4. The van der Waals surface area contributed by atoms with Crippen molar-refractivity contribution in [1.29, 1.82) is 0 Å². The van der Waals surface area contributed by atoms with Crippen LogP contribution in [0.15, 0.2) is 36.4 Å². The van der Waals surface area contributed by atoms with Crippen molar-refractivity contribution in [1.82, 2.24) is 10.6 Å². The van der Waals surface area contributed by atoms with Gasteiger partial charge in [-0.3, -0.25) is 9.59 Å². The van der Waals surface area contributed by atoms with Gasteiger partial charge < -0.3 is 10.6 Å². The molecular weight excluding hydrogens is 444 g/mol. The monoisotopic (exact) mass is 496 g/mol. The Labute approximate surface area is 221 Å². The second kappa shape index (κ2) is 23.1. The summed E-state index contributed by atoms with van der Waals surface area (Å²) in [5.74, 6) is -0.0924. The van der Waals surface area contributed by atoms with Crippen LogP contribution >= 0.6 is 0 Å². The maximum atomic E-state index is 12.0. The summed E-state index contributed by atoms with van der Waals surface area (Å²) in [4.78, 5) is 24.0. The van der Waals surface area contributed by atoms with Crippen molar-refractivity contribution < 1.29 is 9.59 Å². The predicted octanol–water partition coefficient (Wildman–Crippen LogP) is 8.23. The van der Waals surface area contributed by atoms with Gasteiger partial charge in [-0.05, 0) is 36.1 Å². The second-order valence-corrected chi connectivity index (χ2v) is 9.87. The number of carbonyl (C=O) groups is 2. The zero-order chi connectivity index (χ0) is 26.1. The lowest BCUT2D eigenvalue weighted by atomic mass is 10.1. The molecule has 0 unspecified atom stereocenters. The van der Waals surface area contributed by atoms with Gasteiger partial charge in [0.25, 0.3) is 0 Å². The van der Waals surface area contributed by atoms with Gasteiger partial charge >= 0.3 is 0 Å². The molecule has 0 atom stereocenters. The number of rotatable bonds is 22. The molecule has 0 radical (unpaired) electrons. The largest absolute Gasteiger partial charge is 0.353 e.